The number of anilines is 1. The van der Waals surface area contributed by atoms with Crippen molar-refractivity contribution in [2.24, 2.45) is 0 Å². The number of carbonyl (C=O) groups excluding carboxylic acids is 1. The molecular formula is C18H23N5O3. The summed E-state index contributed by atoms with van der Waals surface area (Å²) in [6, 6.07) is 5.77. The molecular weight excluding hydrogens is 334 g/mol. The number of ether oxygens (including phenoxy) is 2. The van der Waals surface area contributed by atoms with Gasteiger partial charge in [-0.1, -0.05) is 0 Å². The molecule has 0 atom stereocenters. The molecule has 26 heavy (non-hydrogen) atoms. The number of nitrogens with zero attached hydrogens (tertiary/aromatic N) is 4. The van der Waals surface area contributed by atoms with Crippen LogP contribution in [0.4, 0.5) is 5.82 Å². The van der Waals surface area contributed by atoms with Crippen LogP contribution in [0, 0.1) is 0 Å². The lowest BCUT2D eigenvalue weighted by Gasteiger charge is -2.34. The van der Waals surface area contributed by atoms with E-state index in [-0.39, 0.29) is 17.4 Å². The van der Waals surface area contributed by atoms with Crippen LogP contribution in [0.2, 0.25) is 0 Å². The molecule has 2 aromatic rings. The lowest BCUT2D eigenvalue weighted by atomic mass is 10.1. The van der Waals surface area contributed by atoms with Crippen molar-refractivity contribution in [2.45, 2.75) is 6.54 Å². The second-order valence-corrected chi connectivity index (χ2v) is 6.04. The molecule has 2 N–H and O–H groups in total. The van der Waals surface area contributed by atoms with Crippen molar-refractivity contribution >= 4 is 11.7 Å². The maximum atomic E-state index is 12.6. The predicted molar refractivity (Wildman–Crippen MR) is 97.2 cm³/mol. The number of carbonyl (C=O) groups is 1. The summed E-state index contributed by atoms with van der Waals surface area (Å²) in [6.07, 6.45) is 2.96. The third kappa shape index (κ3) is 3.85. The first kappa shape index (κ1) is 17.9. The average molecular weight is 357 g/mol. The highest BCUT2D eigenvalue weighted by atomic mass is 16.5. The minimum Gasteiger partial charge on any atom is -0.497 e. The quantitative estimate of drug-likeness (QED) is 0.854. The van der Waals surface area contributed by atoms with E-state index in [0.29, 0.717) is 13.1 Å². The molecule has 0 radical (unpaired) electrons. The molecule has 0 unspecified atom stereocenters. The normalized spacial score (nSPS) is 14.9. The Morgan fingerprint density at radius 1 is 1.12 bits per heavy atom. The van der Waals surface area contributed by atoms with Gasteiger partial charge in [0.25, 0.3) is 5.91 Å². The first-order valence-corrected chi connectivity index (χ1v) is 8.41. The molecule has 3 rings (SSSR count). The maximum Gasteiger partial charge on any atom is 0.276 e. The first-order valence-electron chi connectivity index (χ1n) is 8.41. The molecule has 1 aromatic carbocycles. The van der Waals surface area contributed by atoms with Crippen molar-refractivity contribution in [2.75, 3.05) is 46.1 Å². The second-order valence-electron chi connectivity index (χ2n) is 6.04. The zero-order chi connectivity index (χ0) is 18.5. The lowest BCUT2D eigenvalue weighted by molar-refractivity contribution is 0.0622. The van der Waals surface area contributed by atoms with Crippen LogP contribution in [-0.4, -0.2) is 66.1 Å². The van der Waals surface area contributed by atoms with Gasteiger partial charge in [0.2, 0.25) is 0 Å². The Kier molecular flexibility index (Phi) is 5.52. The third-order valence-corrected chi connectivity index (χ3v) is 4.47. The number of rotatable bonds is 5. The van der Waals surface area contributed by atoms with E-state index < -0.39 is 0 Å². The summed E-state index contributed by atoms with van der Waals surface area (Å²) in [7, 11) is 3.31. The van der Waals surface area contributed by atoms with Crippen molar-refractivity contribution in [3.63, 3.8) is 0 Å². The number of amides is 1. The summed E-state index contributed by atoms with van der Waals surface area (Å²) in [5.41, 5.74) is 7.04. The highest BCUT2D eigenvalue weighted by molar-refractivity contribution is 5.96. The summed E-state index contributed by atoms with van der Waals surface area (Å²) >= 11 is 0. The van der Waals surface area contributed by atoms with Gasteiger partial charge in [-0.2, -0.15) is 0 Å². The average Bonchev–Trinajstić information content (AvgIpc) is 2.68. The van der Waals surface area contributed by atoms with Gasteiger partial charge in [-0.05, 0) is 18.2 Å². The van der Waals surface area contributed by atoms with Crippen molar-refractivity contribution < 1.29 is 14.3 Å². The van der Waals surface area contributed by atoms with Gasteiger partial charge in [-0.25, -0.2) is 9.97 Å². The first-order chi connectivity index (χ1) is 12.6. The molecule has 1 fully saturated rings. The number of benzene rings is 1. The van der Waals surface area contributed by atoms with Gasteiger partial charge in [-0.3, -0.25) is 9.69 Å². The van der Waals surface area contributed by atoms with Gasteiger partial charge in [-0.15, -0.1) is 0 Å². The van der Waals surface area contributed by atoms with Crippen molar-refractivity contribution in [3.05, 3.63) is 41.9 Å². The number of nitrogen functional groups attached to an aromatic ring is 1. The van der Waals surface area contributed by atoms with Crippen LogP contribution >= 0.6 is 0 Å². The Labute approximate surface area is 152 Å². The van der Waals surface area contributed by atoms with Crippen LogP contribution in [0.1, 0.15) is 16.1 Å². The van der Waals surface area contributed by atoms with Crippen LogP contribution in [0.3, 0.4) is 0 Å². The molecule has 0 saturated carbocycles. The van der Waals surface area contributed by atoms with E-state index in [4.69, 9.17) is 15.2 Å². The largest absolute Gasteiger partial charge is 0.497 e. The molecule has 1 saturated heterocycles. The monoisotopic (exact) mass is 357 g/mol. The Bertz CT molecular complexity index is 775. The highest BCUT2D eigenvalue weighted by Crippen LogP contribution is 2.25. The predicted octanol–water partition coefficient (Wildman–Crippen LogP) is 1.03. The molecule has 1 aromatic heterocycles. The van der Waals surface area contributed by atoms with Crippen molar-refractivity contribution in [1.82, 2.24) is 19.8 Å². The molecule has 1 aliphatic rings. The molecule has 8 nitrogen and oxygen atoms in total. The fraction of sp³-hybridized carbons (Fsp3) is 0.389. The van der Waals surface area contributed by atoms with Gasteiger partial charge in [0.1, 0.15) is 11.5 Å². The van der Waals surface area contributed by atoms with E-state index in [1.165, 1.54) is 12.4 Å². The fourth-order valence-corrected chi connectivity index (χ4v) is 3.02. The fourth-order valence-electron chi connectivity index (χ4n) is 3.02. The number of nitrogens with two attached hydrogens (primary N) is 1. The lowest BCUT2D eigenvalue weighted by Crippen LogP contribution is -2.48. The Morgan fingerprint density at radius 3 is 2.50 bits per heavy atom. The molecule has 0 aliphatic carbocycles. The van der Waals surface area contributed by atoms with Crippen LogP contribution in [0.5, 0.6) is 11.5 Å². The molecule has 2 heterocycles. The van der Waals surface area contributed by atoms with Crippen LogP contribution in [0.25, 0.3) is 0 Å². The van der Waals surface area contributed by atoms with Crippen LogP contribution < -0.4 is 15.2 Å². The smallest absolute Gasteiger partial charge is 0.276 e. The molecule has 0 bridgehead atoms. The SMILES string of the molecule is COc1ccc(OC)c(CN2CCN(C(=O)c3nccnc3N)CC2)c1. The van der Waals surface area contributed by atoms with E-state index in [1.54, 1.807) is 19.1 Å². The van der Waals surface area contributed by atoms with E-state index in [1.807, 2.05) is 18.2 Å². The number of aromatic nitrogens is 2. The van der Waals surface area contributed by atoms with Gasteiger partial charge in [0.05, 0.1) is 14.2 Å². The number of hydrogen-bond acceptors (Lipinski definition) is 7. The zero-order valence-corrected chi connectivity index (χ0v) is 15.0. The highest BCUT2D eigenvalue weighted by Gasteiger charge is 2.25. The minimum absolute atomic E-state index is 0.168. The summed E-state index contributed by atoms with van der Waals surface area (Å²) in [5.74, 6) is 1.62. The molecule has 1 aliphatic heterocycles. The standard InChI is InChI=1S/C18H23N5O3/c1-25-14-3-4-15(26-2)13(11-14)12-22-7-9-23(10-8-22)18(24)16-17(19)21-6-5-20-16/h3-6,11H,7-10,12H2,1-2H3,(H2,19,21). The van der Waals surface area contributed by atoms with Crippen LogP contribution in [-0.2, 0) is 6.54 Å². The summed E-state index contributed by atoms with van der Waals surface area (Å²) in [6.45, 7) is 3.47. The molecule has 1 amide bonds. The van der Waals surface area contributed by atoms with E-state index in [0.717, 1.165) is 36.7 Å². The molecule has 0 spiro atoms. The number of methoxy groups -OCH3 is 2. The third-order valence-electron chi connectivity index (χ3n) is 4.47. The van der Waals surface area contributed by atoms with Gasteiger partial charge < -0.3 is 20.1 Å². The maximum absolute atomic E-state index is 12.6. The van der Waals surface area contributed by atoms with Crippen molar-refractivity contribution in [1.29, 1.82) is 0 Å². The van der Waals surface area contributed by atoms with Crippen LogP contribution in [0.15, 0.2) is 30.6 Å². The van der Waals surface area contributed by atoms with E-state index >= 15 is 0 Å². The molecule has 138 valence electrons. The Balaban J connectivity index is 1.62. The summed E-state index contributed by atoms with van der Waals surface area (Å²) in [4.78, 5) is 24.6. The van der Waals surface area contributed by atoms with Crippen molar-refractivity contribution in [3.8, 4) is 11.5 Å². The summed E-state index contributed by atoms with van der Waals surface area (Å²) < 4.78 is 10.7. The number of hydrogen-bond donors (Lipinski definition) is 1. The van der Waals surface area contributed by atoms with Gasteiger partial charge in [0.15, 0.2) is 11.5 Å². The Morgan fingerprint density at radius 2 is 1.85 bits per heavy atom. The van der Waals surface area contributed by atoms with Gasteiger partial charge in [0, 0.05) is 50.7 Å². The summed E-state index contributed by atoms with van der Waals surface area (Å²) in [5, 5.41) is 0. The molecule has 8 heteroatoms. The Hall–Kier alpha value is -2.87. The minimum atomic E-state index is -0.172. The topological polar surface area (TPSA) is 93.8 Å². The second kappa shape index (κ2) is 8.01. The zero-order valence-electron chi connectivity index (χ0n) is 15.0. The number of piperazine rings is 1. The van der Waals surface area contributed by atoms with E-state index in [2.05, 4.69) is 14.9 Å². The van der Waals surface area contributed by atoms with Gasteiger partial charge >= 0.3 is 0 Å². The van der Waals surface area contributed by atoms with E-state index in [9.17, 15) is 4.79 Å².